The Morgan fingerprint density at radius 3 is 2.64 bits per heavy atom. The summed E-state index contributed by atoms with van der Waals surface area (Å²) in [7, 11) is 0. The first-order valence-corrected chi connectivity index (χ1v) is 4.13. The summed E-state index contributed by atoms with van der Waals surface area (Å²) in [6.07, 6.45) is 0.367. The first-order valence-electron chi connectivity index (χ1n) is 4.13. The maximum absolute atomic E-state index is 13.0. The van der Waals surface area contributed by atoms with E-state index in [-0.39, 0.29) is 24.7 Å². The molecule has 0 spiro atoms. The number of nitrogens with two attached hydrogens (primary N) is 1. The van der Waals surface area contributed by atoms with Crippen molar-refractivity contribution >= 4 is 5.69 Å². The zero-order chi connectivity index (χ0) is 10.6. The van der Waals surface area contributed by atoms with Gasteiger partial charge in [0.2, 0.25) is 0 Å². The molecule has 0 bridgehead atoms. The molecule has 0 saturated heterocycles. The molecule has 78 valence electrons. The van der Waals surface area contributed by atoms with Crippen LogP contribution in [-0.4, -0.2) is 18.3 Å². The van der Waals surface area contributed by atoms with Gasteiger partial charge >= 0.3 is 0 Å². The molecule has 0 atom stereocenters. The van der Waals surface area contributed by atoms with E-state index in [0.717, 1.165) is 12.1 Å². The predicted octanol–water partition coefficient (Wildman–Crippen LogP) is 1.31. The molecule has 0 aliphatic carbocycles. The van der Waals surface area contributed by atoms with Crippen LogP contribution < -0.4 is 10.5 Å². The van der Waals surface area contributed by atoms with Crippen molar-refractivity contribution in [3.63, 3.8) is 0 Å². The third-order valence-corrected chi connectivity index (χ3v) is 1.61. The maximum atomic E-state index is 13.0. The molecule has 1 aromatic carbocycles. The van der Waals surface area contributed by atoms with Crippen LogP contribution >= 0.6 is 0 Å². The standard InChI is InChI=1S/C9H11F2NO2/c10-6-5-9(14-3-1-2-13)7(11)4-8(6)12/h4-5,13H,1-3,12H2. The second-order valence-electron chi connectivity index (χ2n) is 2.73. The van der Waals surface area contributed by atoms with E-state index in [0.29, 0.717) is 6.42 Å². The van der Waals surface area contributed by atoms with Gasteiger partial charge < -0.3 is 15.6 Å². The first kappa shape index (κ1) is 10.7. The monoisotopic (exact) mass is 203 g/mol. The molecule has 0 fully saturated rings. The third kappa shape index (κ3) is 2.56. The van der Waals surface area contributed by atoms with Gasteiger partial charge in [-0.15, -0.1) is 0 Å². The number of anilines is 1. The Balaban J connectivity index is 2.72. The number of rotatable bonds is 4. The van der Waals surface area contributed by atoms with Crippen molar-refractivity contribution < 1.29 is 18.6 Å². The molecular weight excluding hydrogens is 192 g/mol. The number of benzene rings is 1. The molecule has 0 aliphatic heterocycles. The number of aliphatic hydroxyl groups excluding tert-OH is 1. The molecule has 3 nitrogen and oxygen atoms in total. The topological polar surface area (TPSA) is 55.5 Å². The van der Waals surface area contributed by atoms with Crippen LogP contribution in [0.4, 0.5) is 14.5 Å². The summed E-state index contributed by atoms with van der Waals surface area (Å²) in [4.78, 5) is 0. The van der Waals surface area contributed by atoms with Crippen LogP contribution in [0.15, 0.2) is 12.1 Å². The molecule has 0 aliphatic rings. The number of hydrogen-bond acceptors (Lipinski definition) is 3. The molecule has 5 heteroatoms. The average molecular weight is 203 g/mol. The Kier molecular flexibility index (Phi) is 3.64. The van der Waals surface area contributed by atoms with Crippen LogP contribution in [0.5, 0.6) is 5.75 Å². The normalized spacial score (nSPS) is 10.2. The minimum Gasteiger partial charge on any atom is -0.490 e. The van der Waals surface area contributed by atoms with Gasteiger partial charge in [0.15, 0.2) is 11.6 Å². The lowest BCUT2D eigenvalue weighted by molar-refractivity contribution is 0.228. The molecule has 0 saturated carbocycles. The fourth-order valence-corrected chi connectivity index (χ4v) is 0.901. The molecule has 1 aromatic rings. The lowest BCUT2D eigenvalue weighted by Gasteiger charge is -2.07. The predicted molar refractivity (Wildman–Crippen MR) is 48.0 cm³/mol. The Morgan fingerprint density at radius 2 is 2.00 bits per heavy atom. The molecule has 14 heavy (non-hydrogen) atoms. The molecule has 0 unspecified atom stereocenters. The smallest absolute Gasteiger partial charge is 0.167 e. The summed E-state index contributed by atoms with van der Waals surface area (Å²) in [5, 5.41) is 8.44. The highest BCUT2D eigenvalue weighted by Gasteiger charge is 2.08. The number of aliphatic hydroxyl groups is 1. The average Bonchev–Trinajstić information content (AvgIpc) is 2.14. The Labute approximate surface area is 80.1 Å². The van der Waals surface area contributed by atoms with E-state index in [9.17, 15) is 8.78 Å². The molecule has 0 amide bonds. The summed E-state index contributed by atoms with van der Waals surface area (Å²) >= 11 is 0. The van der Waals surface area contributed by atoms with Crippen LogP contribution in [0.2, 0.25) is 0 Å². The quantitative estimate of drug-likeness (QED) is 0.573. The van der Waals surface area contributed by atoms with Crippen LogP contribution in [0.1, 0.15) is 6.42 Å². The van der Waals surface area contributed by atoms with Gasteiger partial charge in [0.1, 0.15) is 5.82 Å². The van der Waals surface area contributed by atoms with E-state index in [1.807, 2.05) is 0 Å². The lowest BCUT2D eigenvalue weighted by Crippen LogP contribution is -2.03. The van der Waals surface area contributed by atoms with Crippen molar-refractivity contribution in [2.45, 2.75) is 6.42 Å². The highest BCUT2D eigenvalue weighted by Crippen LogP contribution is 2.22. The number of nitrogen functional groups attached to an aromatic ring is 1. The third-order valence-electron chi connectivity index (χ3n) is 1.61. The number of ether oxygens (including phenoxy) is 1. The largest absolute Gasteiger partial charge is 0.490 e. The van der Waals surface area contributed by atoms with E-state index in [1.54, 1.807) is 0 Å². The van der Waals surface area contributed by atoms with Crippen LogP contribution in [0, 0.1) is 11.6 Å². The molecule has 0 aromatic heterocycles. The number of hydrogen-bond donors (Lipinski definition) is 2. The van der Waals surface area contributed by atoms with Crippen LogP contribution in [0.25, 0.3) is 0 Å². The van der Waals surface area contributed by atoms with Gasteiger partial charge in [0.05, 0.1) is 12.3 Å². The van der Waals surface area contributed by atoms with E-state index >= 15 is 0 Å². The number of halogens is 2. The van der Waals surface area contributed by atoms with E-state index in [2.05, 4.69) is 0 Å². The fraction of sp³-hybridized carbons (Fsp3) is 0.333. The van der Waals surface area contributed by atoms with Crippen LogP contribution in [-0.2, 0) is 0 Å². The summed E-state index contributed by atoms with van der Waals surface area (Å²) in [5.41, 5.74) is 4.88. The highest BCUT2D eigenvalue weighted by atomic mass is 19.1. The van der Waals surface area contributed by atoms with Crippen molar-refractivity contribution in [1.82, 2.24) is 0 Å². The minimum atomic E-state index is -0.717. The van der Waals surface area contributed by atoms with Gasteiger partial charge in [-0.3, -0.25) is 0 Å². The van der Waals surface area contributed by atoms with Gasteiger partial charge in [-0.25, -0.2) is 8.78 Å². The van der Waals surface area contributed by atoms with Crippen molar-refractivity contribution in [2.24, 2.45) is 0 Å². The second-order valence-corrected chi connectivity index (χ2v) is 2.73. The molecule has 3 N–H and O–H groups in total. The zero-order valence-corrected chi connectivity index (χ0v) is 7.46. The van der Waals surface area contributed by atoms with Crippen molar-refractivity contribution in [3.05, 3.63) is 23.8 Å². The maximum Gasteiger partial charge on any atom is 0.167 e. The highest BCUT2D eigenvalue weighted by molar-refractivity contribution is 5.44. The fourth-order valence-electron chi connectivity index (χ4n) is 0.901. The lowest BCUT2D eigenvalue weighted by atomic mass is 10.3. The van der Waals surface area contributed by atoms with E-state index in [4.69, 9.17) is 15.6 Å². The van der Waals surface area contributed by atoms with Crippen molar-refractivity contribution in [2.75, 3.05) is 18.9 Å². The van der Waals surface area contributed by atoms with Crippen LogP contribution in [0.3, 0.4) is 0 Å². The summed E-state index contributed by atoms with van der Waals surface area (Å²) in [5.74, 6) is -1.61. The second kappa shape index (κ2) is 4.76. The van der Waals surface area contributed by atoms with Gasteiger partial charge in [-0.2, -0.15) is 0 Å². The summed E-state index contributed by atoms with van der Waals surface area (Å²) < 4.78 is 30.8. The van der Waals surface area contributed by atoms with Crippen molar-refractivity contribution in [3.8, 4) is 5.75 Å². The Morgan fingerprint density at radius 1 is 1.29 bits per heavy atom. The van der Waals surface area contributed by atoms with E-state index in [1.165, 1.54) is 0 Å². The van der Waals surface area contributed by atoms with Gasteiger partial charge in [0.25, 0.3) is 0 Å². The zero-order valence-electron chi connectivity index (χ0n) is 7.46. The molecule has 0 radical (unpaired) electrons. The minimum absolute atomic E-state index is 0.0565. The summed E-state index contributed by atoms with van der Waals surface area (Å²) in [6.45, 7) is 0.0792. The summed E-state index contributed by atoms with van der Waals surface area (Å²) in [6, 6.07) is 1.76. The van der Waals surface area contributed by atoms with Gasteiger partial charge in [-0.1, -0.05) is 0 Å². The molecule has 0 heterocycles. The first-order chi connectivity index (χ1) is 6.65. The SMILES string of the molecule is Nc1cc(F)c(OCCCO)cc1F. The Hall–Kier alpha value is -1.36. The molecular formula is C9H11F2NO2. The Bertz CT molecular complexity index is 318. The van der Waals surface area contributed by atoms with E-state index < -0.39 is 11.6 Å². The van der Waals surface area contributed by atoms with Gasteiger partial charge in [-0.05, 0) is 0 Å². The molecule has 1 rings (SSSR count). The van der Waals surface area contributed by atoms with Crippen molar-refractivity contribution in [1.29, 1.82) is 0 Å². The van der Waals surface area contributed by atoms with Gasteiger partial charge in [0, 0.05) is 25.2 Å².